The average molecular weight is 637 g/mol. The maximum absolute atomic E-state index is 14.1. The lowest BCUT2D eigenvalue weighted by atomic mass is 9.99. The number of thioether (sulfide) groups is 1. The van der Waals surface area contributed by atoms with Crippen LogP contribution in [0.25, 0.3) is 11.3 Å². The molecule has 0 bridgehead atoms. The van der Waals surface area contributed by atoms with Crippen LogP contribution in [-0.2, 0) is 35.3 Å². The molecule has 5 rings (SSSR count). The first kappa shape index (κ1) is 32.8. The summed E-state index contributed by atoms with van der Waals surface area (Å²) in [7, 11) is 0. The van der Waals surface area contributed by atoms with Gasteiger partial charge in [-0.3, -0.25) is 14.3 Å². The Morgan fingerprint density at radius 2 is 1.80 bits per heavy atom. The van der Waals surface area contributed by atoms with Gasteiger partial charge in [-0.1, -0.05) is 19.4 Å². The number of aliphatic hydroxyl groups excluding tert-OH is 1. The molecule has 242 valence electrons. The van der Waals surface area contributed by atoms with Crippen LogP contribution in [0.1, 0.15) is 55.8 Å². The Kier molecular flexibility index (Phi) is 10.6. The highest BCUT2D eigenvalue weighted by Crippen LogP contribution is 2.40. The van der Waals surface area contributed by atoms with E-state index in [-0.39, 0.29) is 24.5 Å². The Hall–Kier alpha value is -2.61. The minimum Gasteiger partial charge on any atom is -0.390 e. The number of aliphatic hydroxyl groups is 1. The van der Waals surface area contributed by atoms with Crippen molar-refractivity contribution in [2.75, 3.05) is 51.6 Å². The summed E-state index contributed by atoms with van der Waals surface area (Å²) in [6.45, 7) is 7.78. The molecule has 0 unspecified atom stereocenters. The normalized spacial score (nSPS) is 19.6. The fraction of sp³-hybridized carbons (Fsp3) is 0.645. The van der Waals surface area contributed by atoms with Crippen LogP contribution in [0, 0.1) is 5.92 Å². The van der Waals surface area contributed by atoms with Gasteiger partial charge in [0.15, 0.2) is 0 Å². The van der Waals surface area contributed by atoms with Gasteiger partial charge in [-0.2, -0.15) is 18.3 Å². The van der Waals surface area contributed by atoms with E-state index in [4.69, 9.17) is 10.8 Å². The Morgan fingerprint density at radius 3 is 2.48 bits per heavy atom. The summed E-state index contributed by atoms with van der Waals surface area (Å²) in [5, 5.41) is 15.8. The Labute approximate surface area is 260 Å². The Morgan fingerprint density at radius 1 is 1.07 bits per heavy atom. The van der Waals surface area contributed by atoms with Gasteiger partial charge in [0.2, 0.25) is 0 Å². The van der Waals surface area contributed by atoms with Crippen LogP contribution in [0.5, 0.6) is 0 Å². The second-order valence-electron chi connectivity index (χ2n) is 12.4. The van der Waals surface area contributed by atoms with Crippen molar-refractivity contribution in [2.45, 2.75) is 75.7 Å². The number of hydrogen-bond acceptors (Lipinski definition) is 7. The molecule has 1 atom stereocenters. The highest BCUT2D eigenvalue weighted by atomic mass is 32.2. The van der Waals surface area contributed by atoms with E-state index in [1.54, 1.807) is 4.68 Å². The molecule has 0 aliphatic carbocycles. The van der Waals surface area contributed by atoms with Crippen LogP contribution < -0.4 is 5.73 Å². The van der Waals surface area contributed by atoms with E-state index in [9.17, 15) is 27.9 Å². The number of hydrogen-bond donors (Lipinski definition) is 2. The van der Waals surface area contributed by atoms with Gasteiger partial charge in [0.05, 0.1) is 30.5 Å². The fourth-order valence-corrected chi connectivity index (χ4v) is 7.61. The number of amides is 2. The van der Waals surface area contributed by atoms with Gasteiger partial charge in [0, 0.05) is 53.5 Å². The van der Waals surface area contributed by atoms with E-state index in [0.29, 0.717) is 48.0 Å². The Balaban J connectivity index is 1.42. The molecule has 2 saturated heterocycles. The molecule has 2 fully saturated rings. The summed E-state index contributed by atoms with van der Waals surface area (Å²) < 4.78 is 43.9. The molecule has 1 aromatic heterocycles. The summed E-state index contributed by atoms with van der Waals surface area (Å²) in [5.41, 5.74) is 7.01. The number of nitrogens with two attached hydrogens (primary N) is 1. The quantitative estimate of drug-likeness (QED) is 0.320. The molecule has 0 spiro atoms. The third-order valence-corrected chi connectivity index (χ3v) is 10.1. The van der Waals surface area contributed by atoms with Crippen LogP contribution in [0.15, 0.2) is 23.1 Å². The number of fused-ring (bicyclic) bond motifs is 1. The van der Waals surface area contributed by atoms with Crippen molar-refractivity contribution in [3.63, 3.8) is 0 Å². The van der Waals surface area contributed by atoms with Gasteiger partial charge < -0.3 is 25.5 Å². The van der Waals surface area contributed by atoms with E-state index >= 15 is 0 Å². The van der Waals surface area contributed by atoms with Crippen molar-refractivity contribution in [3.05, 3.63) is 35.0 Å². The van der Waals surface area contributed by atoms with E-state index < -0.39 is 29.7 Å². The van der Waals surface area contributed by atoms with Gasteiger partial charge in [-0.15, -0.1) is 11.8 Å². The van der Waals surface area contributed by atoms with Crippen molar-refractivity contribution < 1.29 is 27.9 Å². The zero-order chi connectivity index (χ0) is 31.4. The number of piperidine rings is 2. The predicted molar refractivity (Wildman–Crippen MR) is 163 cm³/mol. The molecule has 1 aromatic carbocycles. The molecule has 0 saturated carbocycles. The first-order valence-electron chi connectivity index (χ1n) is 15.6. The van der Waals surface area contributed by atoms with Crippen molar-refractivity contribution >= 4 is 23.6 Å². The van der Waals surface area contributed by atoms with Crippen molar-refractivity contribution in [2.24, 2.45) is 11.7 Å². The lowest BCUT2D eigenvalue weighted by Crippen LogP contribution is -2.43. The van der Waals surface area contributed by atoms with E-state index in [1.807, 2.05) is 0 Å². The molecule has 2 aromatic rings. The van der Waals surface area contributed by atoms with Gasteiger partial charge in [0.1, 0.15) is 0 Å². The summed E-state index contributed by atoms with van der Waals surface area (Å²) in [5.74, 6) is -0.666. The second-order valence-corrected chi connectivity index (χ2v) is 13.5. The summed E-state index contributed by atoms with van der Waals surface area (Å²) in [4.78, 5) is 30.2. The third-order valence-electron chi connectivity index (χ3n) is 9.04. The number of primary amides is 1. The highest BCUT2D eigenvalue weighted by molar-refractivity contribution is 7.99. The van der Waals surface area contributed by atoms with E-state index in [1.165, 1.54) is 35.2 Å². The molecule has 3 N–H and O–H groups in total. The maximum atomic E-state index is 14.1. The molecule has 13 heteroatoms. The number of carbonyl (C=O) groups excluding carboxylic acids is 2. The zero-order valence-corrected chi connectivity index (χ0v) is 26.1. The number of benzene rings is 1. The SMILES string of the molecule is CC1CCN(CCSc2cc(-c3nn(C[C@H](O)CN4CCCCC4)c4c3CN(C(=O)C(N)=O)CC4)ccc2C(F)(F)F)CC1. The monoisotopic (exact) mass is 636 g/mol. The number of alkyl halides is 3. The van der Waals surface area contributed by atoms with Crippen molar-refractivity contribution in [1.82, 2.24) is 24.5 Å². The van der Waals surface area contributed by atoms with E-state index in [2.05, 4.69) is 16.7 Å². The highest BCUT2D eigenvalue weighted by Gasteiger charge is 2.35. The van der Waals surface area contributed by atoms with Crippen LogP contribution in [0.3, 0.4) is 0 Å². The third kappa shape index (κ3) is 7.96. The number of β-amino-alcohol motifs (C(OH)–C–C–N with tert-alkyl or cyclic N) is 1. The molecule has 9 nitrogen and oxygen atoms in total. The molecule has 2 amide bonds. The van der Waals surface area contributed by atoms with Crippen molar-refractivity contribution in [1.29, 1.82) is 0 Å². The molecule has 0 radical (unpaired) electrons. The van der Waals surface area contributed by atoms with Crippen LogP contribution in [0.2, 0.25) is 0 Å². The number of likely N-dealkylation sites (tertiary alicyclic amines) is 2. The lowest BCUT2D eigenvalue weighted by molar-refractivity contribution is -0.144. The molecular weight excluding hydrogens is 593 g/mol. The van der Waals surface area contributed by atoms with Crippen LogP contribution >= 0.6 is 11.8 Å². The average Bonchev–Trinajstić information content (AvgIpc) is 3.34. The van der Waals surface area contributed by atoms with Crippen LogP contribution in [-0.4, -0.2) is 99.1 Å². The molecule has 3 aliphatic heterocycles. The number of rotatable bonds is 9. The smallest absolute Gasteiger partial charge is 0.390 e. The van der Waals surface area contributed by atoms with Gasteiger partial charge >= 0.3 is 18.0 Å². The van der Waals surface area contributed by atoms with Gasteiger partial charge in [-0.25, -0.2) is 0 Å². The van der Waals surface area contributed by atoms with Gasteiger partial charge in [0.25, 0.3) is 0 Å². The number of nitrogens with zero attached hydrogens (tertiary/aromatic N) is 5. The minimum atomic E-state index is -4.51. The van der Waals surface area contributed by atoms with Crippen molar-refractivity contribution in [3.8, 4) is 11.3 Å². The standard InChI is InChI=1S/C31H43F3N6O3S/c1-21-7-12-37(13-8-21)15-16-44-27-17-22(5-6-25(27)31(32,33)34)28-24-20-39(30(43)29(35)42)14-9-26(24)40(36-28)19-23(41)18-38-10-3-2-4-11-38/h5-6,17,21,23,41H,2-4,7-16,18-20H2,1H3,(H2,35,42)/t23-/m1/s1. The topological polar surface area (TPSA) is 108 Å². The number of halogens is 3. The zero-order valence-electron chi connectivity index (χ0n) is 25.3. The maximum Gasteiger partial charge on any atom is 0.417 e. The predicted octanol–water partition coefficient (Wildman–Crippen LogP) is 3.61. The fourth-order valence-electron chi connectivity index (χ4n) is 6.49. The first-order valence-corrected chi connectivity index (χ1v) is 16.6. The summed E-state index contributed by atoms with van der Waals surface area (Å²) >= 11 is 1.19. The second kappa shape index (κ2) is 14.2. The van der Waals surface area contributed by atoms with Crippen LogP contribution in [0.4, 0.5) is 13.2 Å². The number of carbonyl (C=O) groups is 2. The van der Waals surface area contributed by atoms with E-state index in [0.717, 1.165) is 63.6 Å². The van der Waals surface area contributed by atoms with Gasteiger partial charge in [-0.05, 0) is 69.9 Å². The Bertz CT molecular complexity index is 1320. The molecular formula is C31H43F3N6O3S. The minimum absolute atomic E-state index is 0.0611. The largest absolute Gasteiger partial charge is 0.417 e. The lowest BCUT2D eigenvalue weighted by Gasteiger charge is -2.30. The molecule has 4 heterocycles. The summed E-state index contributed by atoms with van der Waals surface area (Å²) in [6, 6.07) is 4.06. The summed E-state index contributed by atoms with van der Waals surface area (Å²) in [6.07, 6.45) is 0.776. The first-order chi connectivity index (χ1) is 21.0. The molecule has 3 aliphatic rings. The molecule has 44 heavy (non-hydrogen) atoms. The number of aromatic nitrogens is 2.